The summed E-state index contributed by atoms with van der Waals surface area (Å²) in [6, 6.07) is 17.9. The number of nitrogens with one attached hydrogen (secondary N) is 1. The lowest BCUT2D eigenvalue weighted by Gasteiger charge is -2.17. The number of hydrogen-bond donors (Lipinski definition) is 1. The lowest BCUT2D eigenvalue weighted by Crippen LogP contribution is -3.06. The molecule has 0 aliphatic rings. The molecule has 28 heavy (non-hydrogen) atoms. The number of carbonyl (C=O) groups is 1. The maximum absolute atomic E-state index is 12.2. The Kier molecular flexibility index (Phi) is 5.47. The van der Waals surface area contributed by atoms with E-state index in [1.807, 2.05) is 47.8 Å². The summed E-state index contributed by atoms with van der Waals surface area (Å²) < 4.78 is 1.22. The van der Waals surface area contributed by atoms with Crippen molar-refractivity contribution in [3.63, 3.8) is 0 Å². The van der Waals surface area contributed by atoms with Crippen LogP contribution in [-0.4, -0.2) is 22.9 Å². The SMILES string of the molecule is CC(=O)N(c1ccccc1)c1nc(C[NH+](C)Cc2nc3ccccc3s2)cs1. The summed E-state index contributed by atoms with van der Waals surface area (Å²) in [5.74, 6) is -0.0396. The fourth-order valence-corrected chi connectivity index (χ4v) is 5.08. The van der Waals surface area contributed by atoms with E-state index in [4.69, 9.17) is 9.97 Å². The van der Waals surface area contributed by atoms with E-state index in [2.05, 4.69) is 19.2 Å². The highest BCUT2D eigenvalue weighted by Gasteiger charge is 2.19. The van der Waals surface area contributed by atoms with Gasteiger partial charge in [0.2, 0.25) is 5.91 Å². The molecule has 2 aromatic carbocycles. The normalized spacial score (nSPS) is 12.2. The first kappa shape index (κ1) is 18.7. The van der Waals surface area contributed by atoms with Crippen molar-refractivity contribution in [2.45, 2.75) is 20.0 Å². The number of rotatable bonds is 6. The molecule has 0 bridgehead atoms. The zero-order valence-corrected chi connectivity index (χ0v) is 17.4. The maximum Gasteiger partial charge on any atom is 0.230 e. The molecule has 0 saturated heterocycles. The van der Waals surface area contributed by atoms with Gasteiger partial charge in [-0.2, -0.15) is 0 Å². The first-order chi connectivity index (χ1) is 13.6. The van der Waals surface area contributed by atoms with E-state index in [1.54, 1.807) is 23.2 Å². The molecular weight excluding hydrogens is 388 g/mol. The second-order valence-electron chi connectivity index (χ2n) is 6.70. The highest BCUT2D eigenvalue weighted by molar-refractivity contribution is 7.18. The van der Waals surface area contributed by atoms with Crippen molar-refractivity contribution in [2.24, 2.45) is 0 Å². The van der Waals surface area contributed by atoms with Gasteiger partial charge in [0, 0.05) is 12.3 Å². The number of amides is 1. The molecule has 1 amide bonds. The van der Waals surface area contributed by atoms with Crippen molar-refractivity contribution in [3.05, 3.63) is 70.7 Å². The second-order valence-corrected chi connectivity index (χ2v) is 8.65. The number of aromatic nitrogens is 2. The number of nitrogens with zero attached hydrogens (tertiary/aromatic N) is 3. The van der Waals surface area contributed by atoms with Crippen LogP contribution in [0.1, 0.15) is 17.6 Å². The first-order valence-corrected chi connectivity index (χ1v) is 10.8. The molecule has 2 aromatic heterocycles. The number of fused-ring (bicyclic) bond motifs is 1. The van der Waals surface area contributed by atoms with Gasteiger partial charge >= 0.3 is 0 Å². The van der Waals surface area contributed by atoms with Gasteiger partial charge in [0.15, 0.2) is 5.13 Å². The molecule has 0 saturated carbocycles. The Morgan fingerprint density at radius 2 is 1.79 bits per heavy atom. The quantitative estimate of drug-likeness (QED) is 0.529. The summed E-state index contributed by atoms with van der Waals surface area (Å²) in [5, 5.41) is 3.88. The van der Waals surface area contributed by atoms with Crippen molar-refractivity contribution in [1.29, 1.82) is 0 Å². The maximum atomic E-state index is 12.2. The third kappa shape index (κ3) is 4.11. The van der Waals surface area contributed by atoms with Gasteiger partial charge in [-0.1, -0.05) is 30.3 Å². The topological polar surface area (TPSA) is 50.5 Å². The molecule has 4 rings (SSSR count). The summed E-state index contributed by atoms with van der Waals surface area (Å²) in [6.07, 6.45) is 0. The molecule has 0 aliphatic heterocycles. The van der Waals surface area contributed by atoms with Gasteiger partial charge in [-0.3, -0.25) is 9.69 Å². The standard InChI is InChI=1S/C21H20N4OS2/c1-15(26)25(17-8-4-3-5-9-17)21-22-16(14-27-21)12-24(2)13-20-23-18-10-6-7-11-19(18)28-20/h3-11,14H,12-13H2,1-2H3/p+1. The third-order valence-electron chi connectivity index (χ3n) is 4.33. The highest BCUT2D eigenvalue weighted by Crippen LogP contribution is 2.28. The number of benzene rings is 2. The molecular formula is C21H21N4OS2+. The van der Waals surface area contributed by atoms with Crippen LogP contribution in [0.25, 0.3) is 10.2 Å². The van der Waals surface area contributed by atoms with Gasteiger partial charge in [0.05, 0.1) is 23.0 Å². The molecule has 2 heterocycles. The summed E-state index contributed by atoms with van der Waals surface area (Å²) in [6.45, 7) is 3.20. The van der Waals surface area contributed by atoms with E-state index in [1.165, 1.54) is 20.9 Å². The number of carbonyl (C=O) groups excluding carboxylic acids is 1. The largest absolute Gasteiger partial charge is 0.327 e. The number of anilines is 2. The highest BCUT2D eigenvalue weighted by atomic mass is 32.1. The fourth-order valence-electron chi connectivity index (χ4n) is 3.11. The van der Waals surface area contributed by atoms with Crippen molar-refractivity contribution in [2.75, 3.05) is 11.9 Å². The lowest BCUT2D eigenvalue weighted by molar-refractivity contribution is -0.907. The van der Waals surface area contributed by atoms with Gasteiger partial charge in [-0.15, -0.1) is 22.7 Å². The van der Waals surface area contributed by atoms with Crippen LogP contribution in [-0.2, 0) is 17.9 Å². The van der Waals surface area contributed by atoms with E-state index in [-0.39, 0.29) is 5.91 Å². The Morgan fingerprint density at radius 1 is 1.04 bits per heavy atom. The minimum Gasteiger partial charge on any atom is -0.327 e. The average molecular weight is 410 g/mol. The van der Waals surface area contributed by atoms with Crippen LogP contribution >= 0.6 is 22.7 Å². The van der Waals surface area contributed by atoms with Crippen molar-refractivity contribution in [1.82, 2.24) is 9.97 Å². The Hall–Kier alpha value is -2.61. The van der Waals surface area contributed by atoms with Crippen LogP contribution in [0, 0.1) is 0 Å². The Balaban J connectivity index is 1.47. The third-order valence-corrected chi connectivity index (χ3v) is 6.25. The molecule has 0 spiro atoms. The van der Waals surface area contributed by atoms with Gasteiger partial charge in [0.25, 0.3) is 0 Å². The fraction of sp³-hybridized carbons (Fsp3) is 0.190. The molecule has 4 aromatic rings. The first-order valence-electron chi connectivity index (χ1n) is 9.06. The lowest BCUT2D eigenvalue weighted by atomic mass is 10.3. The molecule has 5 nitrogen and oxygen atoms in total. The molecule has 1 N–H and O–H groups in total. The Bertz CT molecular complexity index is 1060. The van der Waals surface area contributed by atoms with E-state index in [0.29, 0.717) is 5.13 Å². The molecule has 7 heteroatoms. The minimum atomic E-state index is -0.0396. The van der Waals surface area contributed by atoms with Crippen LogP contribution in [0.3, 0.4) is 0 Å². The van der Waals surface area contributed by atoms with Crippen LogP contribution in [0.15, 0.2) is 60.0 Å². The minimum absolute atomic E-state index is 0.0396. The van der Waals surface area contributed by atoms with E-state index < -0.39 is 0 Å². The van der Waals surface area contributed by atoms with Crippen LogP contribution in [0.5, 0.6) is 0 Å². The summed E-state index contributed by atoms with van der Waals surface area (Å²) in [7, 11) is 2.14. The van der Waals surface area contributed by atoms with Crippen molar-refractivity contribution < 1.29 is 9.69 Å². The van der Waals surface area contributed by atoms with E-state index in [9.17, 15) is 4.79 Å². The zero-order chi connectivity index (χ0) is 19.5. The Morgan fingerprint density at radius 3 is 2.54 bits per heavy atom. The average Bonchev–Trinajstić information content (AvgIpc) is 3.28. The summed E-state index contributed by atoms with van der Waals surface area (Å²) in [4.78, 5) is 24.6. The van der Waals surface area contributed by atoms with E-state index >= 15 is 0 Å². The van der Waals surface area contributed by atoms with Crippen molar-refractivity contribution >= 4 is 49.6 Å². The van der Waals surface area contributed by atoms with Gasteiger partial charge in [-0.25, -0.2) is 9.97 Å². The predicted octanol–water partition coefficient (Wildman–Crippen LogP) is 3.65. The zero-order valence-electron chi connectivity index (χ0n) is 15.8. The van der Waals surface area contributed by atoms with Crippen LogP contribution in [0.4, 0.5) is 10.8 Å². The molecule has 0 aliphatic carbocycles. The van der Waals surface area contributed by atoms with Crippen molar-refractivity contribution in [3.8, 4) is 0 Å². The van der Waals surface area contributed by atoms with E-state index in [0.717, 1.165) is 35.0 Å². The van der Waals surface area contributed by atoms with Crippen LogP contribution < -0.4 is 9.80 Å². The second kappa shape index (κ2) is 8.18. The van der Waals surface area contributed by atoms with Crippen LogP contribution in [0.2, 0.25) is 0 Å². The smallest absolute Gasteiger partial charge is 0.230 e. The number of para-hydroxylation sites is 2. The van der Waals surface area contributed by atoms with Gasteiger partial charge < -0.3 is 4.90 Å². The molecule has 1 unspecified atom stereocenters. The molecule has 0 fully saturated rings. The molecule has 142 valence electrons. The molecule has 0 radical (unpaired) electrons. The number of hydrogen-bond acceptors (Lipinski definition) is 5. The summed E-state index contributed by atoms with van der Waals surface area (Å²) >= 11 is 3.25. The number of thiazole rings is 2. The Labute approximate surface area is 171 Å². The number of quaternary nitrogens is 1. The molecule has 1 atom stereocenters. The van der Waals surface area contributed by atoms with Gasteiger partial charge in [-0.05, 0) is 24.3 Å². The summed E-state index contributed by atoms with van der Waals surface area (Å²) in [5.41, 5.74) is 2.89. The predicted molar refractivity (Wildman–Crippen MR) is 115 cm³/mol. The monoisotopic (exact) mass is 409 g/mol. The van der Waals surface area contributed by atoms with Gasteiger partial charge in [0.1, 0.15) is 23.8 Å².